The minimum Gasteiger partial charge on any atom is -0.447 e. The van der Waals surface area contributed by atoms with Crippen molar-refractivity contribution in [3.8, 4) is 0 Å². The third-order valence-electron chi connectivity index (χ3n) is 2.28. The average Bonchev–Trinajstić information content (AvgIpc) is 2.74. The van der Waals surface area contributed by atoms with Crippen LogP contribution in [0.4, 0.5) is 0 Å². The Hall–Kier alpha value is -0.520. The average molecular weight is 280 g/mol. The van der Waals surface area contributed by atoms with Crippen LogP contribution in [0.3, 0.4) is 0 Å². The zero-order chi connectivity index (χ0) is 13.1. The lowest BCUT2D eigenvalue weighted by atomic mass is 10.2. The molecule has 0 aromatic carbocycles. The van der Waals surface area contributed by atoms with Gasteiger partial charge in [-0.25, -0.2) is 8.42 Å². The topological polar surface area (TPSA) is 50.5 Å². The largest absolute Gasteiger partial charge is 0.447 e. The van der Waals surface area contributed by atoms with E-state index in [1.54, 1.807) is 6.07 Å². The van der Waals surface area contributed by atoms with Crippen molar-refractivity contribution in [2.75, 3.05) is 13.1 Å². The summed E-state index contributed by atoms with van der Waals surface area (Å²) < 4.78 is 31.0. The molecule has 0 spiro atoms. The molecule has 1 heterocycles. The molecule has 1 aromatic rings. The van der Waals surface area contributed by atoms with Crippen LogP contribution in [0, 0.1) is 5.92 Å². The van der Waals surface area contributed by atoms with E-state index in [0.29, 0.717) is 18.8 Å². The first-order chi connectivity index (χ1) is 7.91. The van der Waals surface area contributed by atoms with Gasteiger partial charge in [0.15, 0.2) is 0 Å². The minimum absolute atomic E-state index is 0.0318. The number of nitrogens with zero attached hydrogens (tertiary/aromatic N) is 1. The summed E-state index contributed by atoms with van der Waals surface area (Å²) in [5.41, 5.74) is 0. The SMILES string of the molecule is CCN(CC(C)C)S(=O)(=O)c1ccc(CCl)o1. The van der Waals surface area contributed by atoms with Crippen molar-refractivity contribution in [3.63, 3.8) is 0 Å². The van der Waals surface area contributed by atoms with Gasteiger partial charge in [0.2, 0.25) is 5.09 Å². The van der Waals surface area contributed by atoms with Gasteiger partial charge in [-0.2, -0.15) is 4.31 Å². The summed E-state index contributed by atoms with van der Waals surface area (Å²) in [5, 5.41) is -0.0318. The van der Waals surface area contributed by atoms with Gasteiger partial charge in [-0.1, -0.05) is 20.8 Å². The number of furan rings is 1. The van der Waals surface area contributed by atoms with E-state index in [4.69, 9.17) is 16.0 Å². The lowest BCUT2D eigenvalue weighted by molar-refractivity contribution is 0.354. The maximum atomic E-state index is 12.2. The Balaban J connectivity index is 2.99. The van der Waals surface area contributed by atoms with Crippen molar-refractivity contribution in [1.29, 1.82) is 0 Å². The van der Waals surface area contributed by atoms with Crippen LogP contribution in [0.15, 0.2) is 21.6 Å². The van der Waals surface area contributed by atoms with Crippen molar-refractivity contribution in [2.24, 2.45) is 5.92 Å². The molecule has 6 heteroatoms. The Labute approximate surface area is 108 Å². The molecule has 98 valence electrons. The van der Waals surface area contributed by atoms with Gasteiger partial charge in [0, 0.05) is 13.1 Å². The summed E-state index contributed by atoms with van der Waals surface area (Å²) in [4.78, 5) is 0. The number of hydrogen-bond acceptors (Lipinski definition) is 3. The fourth-order valence-electron chi connectivity index (χ4n) is 1.50. The molecule has 0 unspecified atom stereocenters. The standard InChI is InChI=1S/C11H18ClNO3S/c1-4-13(8-9(2)3)17(14,15)11-6-5-10(7-12)16-11/h5-6,9H,4,7-8H2,1-3H3. The van der Waals surface area contributed by atoms with Gasteiger partial charge in [0.1, 0.15) is 5.76 Å². The zero-order valence-electron chi connectivity index (χ0n) is 10.3. The molecule has 0 aliphatic rings. The zero-order valence-corrected chi connectivity index (χ0v) is 11.9. The lowest BCUT2D eigenvalue weighted by Crippen LogP contribution is -2.33. The van der Waals surface area contributed by atoms with Crippen LogP contribution >= 0.6 is 11.6 Å². The third kappa shape index (κ3) is 3.47. The second kappa shape index (κ2) is 5.89. The molecule has 1 rings (SSSR count). The highest BCUT2D eigenvalue weighted by Crippen LogP contribution is 2.20. The highest BCUT2D eigenvalue weighted by atomic mass is 35.5. The van der Waals surface area contributed by atoms with Crippen molar-refractivity contribution in [2.45, 2.75) is 31.7 Å². The van der Waals surface area contributed by atoms with E-state index in [2.05, 4.69) is 0 Å². The summed E-state index contributed by atoms with van der Waals surface area (Å²) >= 11 is 5.59. The smallest absolute Gasteiger partial charge is 0.276 e. The Morgan fingerprint density at radius 2 is 2.06 bits per heavy atom. The van der Waals surface area contributed by atoms with Gasteiger partial charge < -0.3 is 4.42 Å². The normalized spacial score (nSPS) is 12.6. The molecule has 0 N–H and O–H groups in total. The molecule has 0 bridgehead atoms. The quantitative estimate of drug-likeness (QED) is 0.752. The molecule has 0 amide bonds. The Kier molecular flexibility index (Phi) is 5.04. The highest BCUT2D eigenvalue weighted by molar-refractivity contribution is 7.89. The first-order valence-electron chi connectivity index (χ1n) is 5.56. The molecule has 0 aliphatic carbocycles. The lowest BCUT2D eigenvalue weighted by Gasteiger charge is -2.20. The van der Waals surface area contributed by atoms with E-state index in [0.717, 1.165) is 0 Å². The molecular formula is C11H18ClNO3S. The van der Waals surface area contributed by atoms with Crippen LogP contribution in [0.25, 0.3) is 0 Å². The van der Waals surface area contributed by atoms with Crippen molar-refractivity contribution in [1.82, 2.24) is 4.31 Å². The number of sulfonamides is 1. The van der Waals surface area contributed by atoms with Crippen LogP contribution in [-0.2, 0) is 15.9 Å². The number of rotatable bonds is 6. The van der Waals surface area contributed by atoms with Gasteiger partial charge in [-0.15, -0.1) is 11.6 Å². The maximum Gasteiger partial charge on any atom is 0.276 e. The fourth-order valence-corrected chi connectivity index (χ4v) is 3.19. The highest BCUT2D eigenvalue weighted by Gasteiger charge is 2.26. The molecule has 4 nitrogen and oxygen atoms in total. The molecule has 0 atom stereocenters. The molecular weight excluding hydrogens is 262 g/mol. The first kappa shape index (κ1) is 14.5. The van der Waals surface area contributed by atoms with E-state index < -0.39 is 10.0 Å². The van der Waals surface area contributed by atoms with Gasteiger partial charge in [-0.05, 0) is 18.1 Å². The van der Waals surface area contributed by atoms with Crippen LogP contribution in [0.5, 0.6) is 0 Å². The summed E-state index contributed by atoms with van der Waals surface area (Å²) in [6.07, 6.45) is 0. The second-order valence-electron chi connectivity index (χ2n) is 4.20. The monoisotopic (exact) mass is 279 g/mol. The summed E-state index contributed by atoms with van der Waals surface area (Å²) in [6, 6.07) is 3.04. The minimum atomic E-state index is -3.53. The molecule has 0 saturated carbocycles. The summed E-state index contributed by atoms with van der Waals surface area (Å²) in [5.74, 6) is 0.907. The van der Waals surface area contributed by atoms with E-state index in [1.807, 2.05) is 20.8 Å². The number of hydrogen-bond donors (Lipinski definition) is 0. The number of alkyl halides is 1. The number of halogens is 1. The van der Waals surface area contributed by atoms with Crippen LogP contribution < -0.4 is 0 Å². The molecule has 0 radical (unpaired) electrons. The van der Waals surface area contributed by atoms with E-state index in [1.165, 1.54) is 10.4 Å². The van der Waals surface area contributed by atoms with Gasteiger partial charge >= 0.3 is 0 Å². The Morgan fingerprint density at radius 1 is 1.41 bits per heavy atom. The molecule has 1 aromatic heterocycles. The maximum absolute atomic E-state index is 12.2. The van der Waals surface area contributed by atoms with E-state index in [-0.39, 0.29) is 16.9 Å². The van der Waals surface area contributed by atoms with Crippen LogP contribution in [0.1, 0.15) is 26.5 Å². The van der Waals surface area contributed by atoms with Gasteiger partial charge in [-0.3, -0.25) is 0 Å². The molecule has 0 saturated heterocycles. The summed E-state index contributed by atoms with van der Waals surface area (Å²) in [6.45, 7) is 6.67. The van der Waals surface area contributed by atoms with Crippen molar-refractivity contribution in [3.05, 3.63) is 17.9 Å². The molecule has 0 aliphatic heterocycles. The fraction of sp³-hybridized carbons (Fsp3) is 0.636. The summed E-state index contributed by atoms with van der Waals surface area (Å²) in [7, 11) is -3.53. The van der Waals surface area contributed by atoms with Crippen molar-refractivity contribution < 1.29 is 12.8 Å². The first-order valence-corrected chi connectivity index (χ1v) is 7.54. The predicted molar refractivity (Wildman–Crippen MR) is 67.5 cm³/mol. The Morgan fingerprint density at radius 3 is 2.47 bits per heavy atom. The van der Waals surface area contributed by atoms with Crippen LogP contribution in [0.2, 0.25) is 0 Å². The predicted octanol–water partition coefficient (Wildman–Crippen LogP) is 2.69. The van der Waals surface area contributed by atoms with Crippen LogP contribution in [-0.4, -0.2) is 25.8 Å². The Bertz CT molecular complexity index is 453. The molecule has 17 heavy (non-hydrogen) atoms. The van der Waals surface area contributed by atoms with Gasteiger partial charge in [0.05, 0.1) is 5.88 Å². The second-order valence-corrected chi connectivity index (χ2v) is 6.34. The van der Waals surface area contributed by atoms with E-state index >= 15 is 0 Å². The van der Waals surface area contributed by atoms with Crippen molar-refractivity contribution >= 4 is 21.6 Å². The van der Waals surface area contributed by atoms with Gasteiger partial charge in [0.25, 0.3) is 10.0 Å². The third-order valence-corrected chi connectivity index (χ3v) is 4.36. The molecule has 0 fully saturated rings. The van der Waals surface area contributed by atoms with E-state index in [9.17, 15) is 8.42 Å².